The van der Waals surface area contributed by atoms with Crippen LogP contribution >= 0.6 is 11.6 Å². The summed E-state index contributed by atoms with van der Waals surface area (Å²) in [5.41, 5.74) is 1.03. The van der Waals surface area contributed by atoms with Gasteiger partial charge in [0.05, 0.1) is 7.11 Å². The molecule has 1 rings (SSSR count). The molecule has 17 heavy (non-hydrogen) atoms. The predicted molar refractivity (Wildman–Crippen MR) is 69.1 cm³/mol. The summed E-state index contributed by atoms with van der Waals surface area (Å²) in [6.07, 6.45) is 0.406. The third-order valence-electron chi connectivity index (χ3n) is 2.55. The van der Waals surface area contributed by atoms with Crippen LogP contribution in [0.1, 0.15) is 6.42 Å². The summed E-state index contributed by atoms with van der Waals surface area (Å²) in [6, 6.07) is 7.51. The fraction of sp³-hybridized carbons (Fsp3) is 0.417. The lowest BCUT2D eigenvalue weighted by atomic mass is 10.3. The van der Waals surface area contributed by atoms with Gasteiger partial charge in [0.15, 0.2) is 0 Å². The molecule has 0 heterocycles. The minimum absolute atomic E-state index is 0.0479. The maximum Gasteiger partial charge on any atom is 0.247 e. The summed E-state index contributed by atoms with van der Waals surface area (Å²) in [5, 5.41) is 1.94. The standard InChI is InChI=1S/C12H17ClN2O2/c1-14(9-8-12(16)15(2)17-3)11-6-4-10(13)5-7-11/h4-7H,8-9H2,1-3H3. The van der Waals surface area contributed by atoms with Crippen LogP contribution in [0.3, 0.4) is 0 Å². The Labute approximate surface area is 107 Å². The number of halogens is 1. The van der Waals surface area contributed by atoms with Crippen molar-refractivity contribution < 1.29 is 9.63 Å². The first-order chi connectivity index (χ1) is 8.04. The van der Waals surface area contributed by atoms with Gasteiger partial charge >= 0.3 is 0 Å². The minimum atomic E-state index is -0.0479. The third-order valence-corrected chi connectivity index (χ3v) is 2.81. The van der Waals surface area contributed by atoms with Crippen molar-refractivity contribution in [3.05, 3.63) is 29.3 Å². The molecule has 0 saturated heterocycles. The number of hydrogen-bond donors (Lipinski definition) is 0. The van der Waals surface area contributed by atoms with Gasteiger partial charge in [-0.25, -0.2) is 5.06 Å². The van der Waals surface area contributed by atoms with Crippen LogP contribution in [0.2, 0.25) is 5.02 Å². The normalized spacial score (nSPS) is 10.1. The Hall–Kier alpha value is -1.26. The number of anilines is 1. The van der Waals surface area contributed by atoms with Gasteiger partial charge in [0.2, 0.25) is 5.91 Å². The molecule has 0 atom stereocenters. The van der Waals surface area contributed by atoms with E-state index in [0.717, 1.165) is 5.69 Å². The van der Waals surface area contributed by atoms with E-state index >= 15 is 0 Å². The van der Waals surface area contributed by atoms with Gasteiger partial charge in [0, 0.05) is 37.8 Å². The van der Waals surface area contributed by atoms with E-state index in [-0.39, 0.29) is 5.91 Å². The molecule has 0 aliphatic heterocycles. The first-order valence-electron chi connectivity index (χ1n) is 5.32. The van der Waals surface area contributed by atoms with Gasteiger partial charge < -0.3 is 4.90 Å². The van der Waals surface area contributed by atoms with Gasteiger partial charge in [0.1, 0.15) is 0 Å². The van der Waals surface area contributed by atoms with Crippen LogP contribution in [0.15, 0.2) is 24.3 Å². The number of hydroxylamine groups is 2. The third kappa shape index (κ3) is 4.24. The van der Waals surface area contributed by atoms with Gasteiger partial charge in [-0.05, 0) is 24.3 Å². The van der Waals surface area contributed by atoms with Crippen LogP contribution in [-0.2, 0) is 9.63 Å². The Kier molecular flexibility index (Phi) is 5.25. The molecule has 5 heteroatoms. The summed E-state index contributed by atoms with van der Waals surface area (Å²) < 4.78 is 0. The Morgan fingerprint density at radius 3 is 2.41 bits per heavy atom. The van der Waals surface area contributed by atoms with Crippen molar-refractivity contribution in [1.82, 2.24) is 5.06 Å². The molecular weight excluding hydrogens is 240 g/mol. The molecular formula is C12H17ClN2O2. The SMILES string of the molecule is CON(C)C(=O)CCN(C)c1ccc(Cl)cc1. The van der Waals surface area contributed by atoms with Crippen LogP contribution in [0, 0.1) is 0 Å². The number of carbonyl (C=O) groups excluding carboxylic acids is 1. The highest BCUT2D eigenvalue weighted by atomic mass is 35.5. The summed E-state index contributed by atoms with van der Waals surface area (Å²) in [7, 11) is 5.01. The van der Waals surface area contributed by atoms with Crippen molar-refractivity contribution in [2.45, 2.75) is 6.42 Å². The quantitative estimate of drug-likeness (QED) is 0.757. The molecule has 0 saturated carbocycles. The molecule has 0 fully saturated rings. The summed E-state index contributed by atoms with van der Waals surface area (Å²) in [5.74, 6) is -0.0479. The molecule has 0 aliphatic carbocycles. The van der Waals surface area contributed by atoms with Crippen molar-refractivity contribution >= 4 is 23.2 Å². The van der Waals surface area contributed by atoms with E-state index in [2.05, 4.69) is 0 Å². The number of nitrogens with zero attached hydrogens (tertiary/aromatic N) is 2. The van der Waals surface area contributed by atoms with Crippen molar-refractivity contribution in [3.8, 4) is 0 Å². The highest BCUT2D eigenvalue weighted by Crippen LogP contribution is 2.16. The lowest BCUT2D eigenvalue weighted by molar-refractivity contribution is -0.168. The Bertz CT molecular complexity index is 367. The van der Waals surface area contributed by atoms with Gasteiger partial charge in [0.25, 0.3) is 0 Å². The molecule has 1 amide bonds. The van der Waals surface area contributed by atoms with Crippen molar-refractivity contribution in [2.75, 3.05) is 32.6 Å². The van der Waals surface area contributed by atoms with Crippen LogP contribution in [0.25, 0.3) is 0 Å². The van der Waals surface area contributed by atoms with Gasteiger partial charge in [-0.1, -0.05) is 11.6 Å². The van der Waals surface area contributed by atoms with E-state index in [1.54, 1.807) is 7.05 Å². The zero-order valence-electron chi connectivity index (χ0n) is 10.3. The fourth-order valence-electron chi connectivity index (χ4n) is 1.35. The molecule has 1 aromatic rings. The van der Waals surface area contributed by atoms with Crippen molar-refractivity contribution in [2.24, 2.45) is 0 Å². The first kappa shape index (κ1) is 13.8. The topological polar surface area (TPSA) is 32.8 Å². The second-order valence-corrected chi connectivity index (χ2v) is 4.16. The predicted octanol–water partition coefficient (Wildman–Crippen LogP) is 2.19. The number of rotatable bonds is 5. The van der Waals surface area contributed by atoms with Crippen molar-refractivity contribution in [3.63, 3.8) is 0 Å². The first-order valence-corrected chi connectivity index (χ1v) is 5.69. The Morgan fingerprint density at radius 1 is 1.29 bits per heavy atom. The van der Waals surface area contributed by atoms with Gasteiger partial charge in [-0.2, -0.15) is 0 Å². The maximum absolute atomic E-state index is 11.5. The molecule has 0 radical (unpaired) electrons. The van der Waals surface area contributed by atoms with E-state index in [4.69, 9.17) is 16.4 Å². The number of amides is 1. The average Bonchev–Trinajstić information content (AvgIpc) is 2.35. The largest absolute Gasteiger partial charge is 0.374 e. The van der Waals surface area contributed by atoms with E-state index in [1.807, 2.05) is 36.2 Å². The van der Waals surface area contributed by atoms with E-state index in [9.17, 15) is 4.79 Å². The van der Waals surface area contributed by atoms with E-state index in [1.165, 1.54) is 12.2 Å². The summed E-state index contributed by atoms with van der Waals surface area (Å²) in [4.78, 5) is 18.3. The molecule has 94 valence electrons. The average molecular weight is 257 g/mol. The fourth-order valence-corrected chi connectivity index (χ4v) is 1.47. The summed E-state index contributed by atoms with van der Waals surface area (Å²) >= 11 is 5.81. The smallest absolute Gasteiger partial charge is 0.247 e. The molecule has 0 N–H and O–H groups in total. The van der Waals surface area contributed by atoms with Crippen LogP contribution < -0.4 is 4.90 Å². The zero-order chi connectivity index (χ0) is 12.8. The Morgan fingerprint density at radius 2 is 1.88 bits per heavy atom. The van der Waals surface area contributed by atoms with E-state index in [0.29, 0.717) is 18.0 Å². The zero-order valence-corrected chi connectivity index (χ0v) is 11.1. The molecule has 0 aromatic heterocycles. The minimum Gasteiger partial charge on any atom is -0.374 e. The van der Waals surface area contributed by atoms with Gasteiger partial charge in [-0.3, -0.25) is 9.63 Å². The molecule has 0 aliphatic rings. The molecule has 0 unspecified atom stereocenters. The number of benzene rings is 1. The molecule has 4 nitrogen and oxygen atoms in total. The second-order valence-electron chi connectivity index (χ2n) is 3.72. The molecule has 0 spiro atoms. The van der Waals surface area contributed by atoms with Crippen molar-refractivity contribution in [1.29, 1.82) is 0 Å². The highest BCUT2D eigenvalue weighted by molar-refractivity contribution is 6.30. The van der Waals surface area contributed by atoms with Gasteiger partial charge in [-0.15, -0.1) is 0 Å². The Balaban J connectivity index is 2.47. The van der Waals surface area contributed by atoms with Crippen LogP contribution in [0.5, 0.6) is 0 Å². The van der Waals surface area contributed by atoms with Crippen LogP contribution in [-0.4, -0.2) is 38.7 Å². The number of hydrogen-bond acceptors (Lipinski definition) is 3. The molecule has 1 aromatic carbocycles. The van der Waals surface area contributed by atoms with E-state index < -0.39 is 0 Å². The lowest BCUT2D eigenvalue weighted by Gasteiger charge is -2.20. The maximum atomic E-state index is 11.5. The lowest BCUT2D eigenvalue weighted by Crippen LogP contribution is -2.29. The second kappa shape index (κ2) is 6.47. The summed E-state index contributed by atoms with van der Waals surface area (Å²) in [6.45, 7) is 0.633. The molecule has 0 bridgehead atoms. The monoisotopic (exact) mass is 256 g/mol. The number of carbonyl (C=O) groups is 1. The van der Waals surface area contributed by atoms with Crippen LogP contribution in [0.4, 0.5) is 5.69 Å². The highest BCUT2D eigenvalue weighted by Gasteiger charge is 2.09.